The minimum Gasteiger partial charge on any atom is -0.351 e. The van der Waals surface area contributed by atoms with Crippen LogP contribution in [0.1, 0.15) is 40.8 Å². The van der Waals surface area contributed by atoms with Gasteiger partial charge < -0.3 is 10.3 Å². The Morgan fingerprint density at radius 2 is 2.18 bits per heavy atom. The van der Waals surface area contributed by atoms with Gasteiger partial charge in [0.25, 0.3) is 5.91 Å². The van der Waals surface area contributed by atoms with E-state index in [0.717, 1.165) is 29.7 Å². The van der Waals surface area contributed by atoms with Crippen molar-refractivity contribution < 1.29 is 9.18 Å². The first-order valence-electron chi connectivity index (χ1n) is 9.05. The Balaban J connectivity index is 1.32. The minimum atomic E-state index is -0.492. The standard InChI is InChI=1S/C19H16ClFN6O/c20-11-3-4-14-15(7-11)24-16(23-14)5-6-22-19(28)13-8-12(21)9-27-17(10-1-2-10)25-26-18(13)27/h3-4,7-10H,1-2,5-6H2,(H,22,28)(H,23,24). The summed E-state index contributed by atoms with van der Waals surface area (Å²) in [5.41, 5.74) is 2.21. The number of hydrogen-bond donors (Lipinski definition) is 2. The van der Waals surface area contributed by atoms with Crippen LogP contribution in [0.5, 0.6) is 0 Å². The molecule has 1 aromatic carbocycles. The van der Waals surface area contributed by atoms with E-state index in [4.69, 9.17) is 11.6 Å². The summed E-state index contributed by atoms with van der Waals surface area (Å²) < 4.78 is 15.6. The largest absolute Gasteiger partial charge is 0.351 e. The molecular weight excluding hydrogens is 383 g/mol. The Kier molecular flexibility index (Phi) is 4.01. The molecule has 1 aliphatic carbocycles. The smallest absolute Gasteiger partial charge is 0.255 e. The number of hydrogen-bond acceptors (Lipinski definition) is 4. The van der Waals surface area contributed by atoms with Crippen molar-refractivity contribution in [3.05, 3.63) is 58.5 Å². The third-order valence-electron chi connectivity index (χ3n) is 4.83. The van der Waals surface area contributed by atoms with E-state index in [2.05, 4.69) is 25.5 Å². The first kappa shape index (κ1) is 17.1. The van der Waals surface area contributed by atoms with Crippen molar-refractivity contribution in [1.29, 1.82) is 0 Å². The fourth-order valence-corrected chi connectivity index (χ4v) is 3.48. The lowest BCUT2D eigenvalue weighted by Crippen LogP contribution is -2.26. The molecule has 0 atom stereocenters. The van der Waals surface area contributed by atoms with Gasteiger partial charge in [-0.1, -0.05) is 11.6 Å². The van der Waals surface area contributed by atoms with Crippen LogP contribution in [0.3, 0.4) is 0 Å². The van der Waals surface area contributed by atoms with Crippen LogP contribution in [0.25, 0.3) is 16.7 Å². The average molecular weight is 399 g/mol. The van der Waals surface area contributed by atoms with Gasteiger partial charge in [-0.25, -0.2) is 9.37 Å². The molecule has 2 N–H and O–H groups in total. The number of carbonyl (C=O) groups is 1. The Hall–Kier alpha value is -3.00. The number of amides is 1. The number of carbonyl (C=O) groups excluding carboxylic acids is 1. The van der Waals surface area contributed by atoms with E-state index in [-0.39, 0.29) is 5.56 Å². The number of imidazole rings is 1. The van der Waals surface area contributed by atoms with Gasteiger partial charge in [0.05, 0.1) is 16.6 Å². The molecule has 1 fully saturated rings. The number of rotatable bonds is 5. The molecule has 4 aromatic rings. The van der Waals surface area contributed by atoms with Gasteiger partial charge in [-0.05, 0) is 37.1 Å². The molecule has 9 heteroatoms. The molecule has 28 heavy (non-hydrogen) atoms. The molecule has 1 aliphatic rings. The lowest BCUT2D eigenvalue weighted by atomic mass is 10.2. The number of aromatic nitrogens is 5. The highest BCUT2D eigenvalue weighted by molar-refractivity contribution is 6.31. The average Bonchev–Trinajstić information content (AvgIpc) is 3.29. The van der Waals surface area contributed by atoms with Crippen molar-refractivity contribution in [3.8, 4) is 0 Å². The van der Waals surface area contributed by atoms with E-state index >= 15 is 0 Å². The topological polar surface area (TPSA) is 88.0 Å². The summed E-state index contributed by atoms with van der Waals surface area (Å²) in [4.78, 5) is 20.2. The molecule has 0 bridgehead atoms. The van der Waals surface area contributed by atoms with E-state index in [1.807, 2.05) is 6.07 Å². The number of H-pyrrole nitrogens is 1. The van der Waals surface area contributed by atoms with E-state index in [0.29, 0.717) is 35.4 Å². The van der Waals surface area contributed by atoms with Crippen molar-refractivity contribution in [2.24, 2.45) is 0 Å². The highest BCUT2D eigenvalue weighted by Gasteiger charge is 2.30. The summed E-state index contributed by atoms with van der Waals surface area (Å²) in [5.74, 6) is 0.867. The van der Waals surface area contributed by atoms with Gasteiger partial charge >= 0.3 is 0 Å². The van der Waals surface area contributed by atoms with Crippen LogP contribution >= 0.6 is 11.6 Å². The monoisotopic (exact) mass is 398 g/mol. The van der Waals surface area contributed by atoms with Crippen molar-refractivity contribution in [1.82, 2.24) is 29.9 Å². The fourth-order valence-electron chi connectivity index (χ4n) is 3.31. The normalized spacial score (nSPS) is 14.1. The van der Waals surface area contributed by atoms with Crippen molar-refractivity contribution in [2.75, 3.05) is 6.54 Å². The highest BCUT2D eigenvalue weighted by Crippen LogP contribution is 2.39. The molecule has 0 spiro atoms. The summed E-state index contributed by atoms with van der Waals surface area (Å²) in [6.07, 6.45) is 3.87. The fraction of sp³-hybridized carbons (Fsp3) is 0.263. The Morgan fingerprint density at radius 1 is 1.32 bits per heavy atom. The zero-order valence-corrected chi connectivity index (χ0v) is 15.5. The third kappa shape index (κ3) is 3.09. The summed E-state index contributed by atoms with van der Waals surface area (Å²) in [7, 11) is 0. The second kappa shape index (κ2) is 6.56. The lowest BCUT2D eigenvalue weighted by Gasteiger charge is -2.06. The maximum absolute atomic E-state index is 14.1. The predicted octanol–water partition coefficient (Wildman–Crippen LogP) is 3.25. The van der Waals surface area contributed by atoms with Gasteiger partial charge in [-0.2, -0.15) is 0 Å². The lowest BCUT2D eigenvalue weighted by molar-refractivity contribution is 0.0954. The molecule has 7 nitrogen and oxygen atoms in total. The highest BCUT2D eigenvalue weighted by atomic mass is 35.5. The number of fused-ring (bicyclic) bond motifs is 2. The third-order valence-corrected chi connectivity index (χ3v) is 5.06. The number of nitrogens with zero attached hydrogens (tertiary/aromatic N) is 4. The number of nitrogens with one attached hydrogen (secondary N) is 2. The first-order chi connectivity index (χ1) is 13.6. The quantitative estimate of drug-likeness (QED) is 0.540. The molecule has 142 valence electrons. The molecule has 0 aliphatic heterocycles. The molecule has 0 unspecified atom stereocenters. The minimum absolute atomic E-state index is 0.177. The number of aromatic amines is 1. The van der Waals surface area contributed by atoms with Gasteiger partial charge in [0, 0.05) is 30.1 Å². The van der Waals surface area contributed by atoms with Crippen molar-refractivity contribution in [3.63, 3.8) is 0 Å². The van der Waals surface area contributed by atoms with E-state index in [9.17, 15) is 9.18 Å². The van der Waals surface area contributed by atoms with Crippen LogP contribution < -0.4 is 5.32 Å². The SMILES string of the molecule is O=C(NCCc1nc2ccc(Cl)cc2[nH]1)c1cc(F)cn2c(C3CC3)nnc12. The van der Waals surface area contributed by atoms with E-state index < -0.39 is 11.7 Å². The molecule has 3 heterocycles. The van der Waals surface area contributed by atoms with Gasteiger partial charge in [0.15, 0.2) is 5.65 Å². The molecule has 1 saturated carbocycles. The maximum atomic E-state index is 14.1. The van der Waals surface area contributed by atoms with E-state index in [1.54, 1.807) is 16.5 Å². The van der Waals surface area contributed by atoms with Gasteiger partial charge in [0.2, 0.25) is 0 Å². The molecule has 0 saturated heterocycles. The second-order valence-electron chi connectivity index (χ2n) is 6.95. The molecule has 3 aromatic heterocycles. The van der Waals surface area contributed by atoms with Crippen LogP contribution in [0, 0.1) is 5.82 Å². The second-order valence-corrected chi connectivity index (χ2v) is 7.39. The molecule has 1 amide bonds. The number of benzene rings is 1. The summed E-state index contributed by atoms with van der Waals surface area (Å²) >= 11 is 5.98. The Morgan fingerprint density at radius 3 is 3.00 bits per heavy atom. The summed E-state index contributed by atoms with van der Waals surface area (Å²) in [5, 5.41) is 11.7. The van der Waals surface area contributed by atoms with Gasteiger partial charge in [-0.15, -0.1) is 10.2 Å². The van der Waals surface area contributed by atoms with E-state index in [1.165, 1.54) is 12.3 Å². The zero-order chi connectivity index (χ0) is 19.3. The Labute approximate surface area is 163 Å². The predicted molar refractivity (Wildman–Crippen MR) is 102 cm³/mol. The van der Waals surface area contributed by atoms with Crippen molar-refractivity contribution >= 4 is 34.2 Å². The summed E-state index contributed by atoms with van der Waals surface area (Å²) in [6.45, 7) is 0.346. The van der Waals surface area contributed by atoms with Crippen LogP contribution in [0.4, 0.5) is 4.39 Å². The van der Waals surface area contributed by atoms with Crippen LogP contribution in [-0.2, 0) is 6.42 Å². The first-order valence-corrected chi connectivity index (χ1v) is 9.43. The zero-order valence-electron chi connectivity index (χ0n) is 14.7. The van der Waals surface area contributed by atoms with Crippen LogP contribution in [0.15, 0.2) is 30.5 Å². The summed E-state index contributed by atoms with van der Waals surface area (Å²) in [6, 6.07) is 6.61. The number of pyridine rings is 1. The molecule has 0 radical (unpaired) electrons. The van der Waals surface area contributed by atoms with Crippen molar-refractivity contribution in [2.45, 2.75) is 25.2 Å². The van der Waals surface area contributed by atoms with Crippen LogP contribution in [0.2, 0.25) is 5.02 Å². The van der Waals surface area contributed by atoms with Gasteiger partial charge in [-0.3, -0.25) is 9.20 Å². The number of halogens is 2. The maximum Gasteiger partial charge on any atom is 0.255 e. The Bertz CT molecular complexity index is 1210. The van der Waals surface area contributed by atoms with Gasteiger partial charge in [0.1, 0.15) is 17.5 Å². The molecule has 5 rings (SSSR count). The van der Waals surface area contributed by atoms with Crippen LogP contribution in [-0.4, -0.2) is 37.0 Å². The molecular formula is C19H16ClFN6O.